The Morgan fingerprint density at radius 3 is 1.74 bits per heavy atom. The Bertz CT molecular complexity index is 1080. The van der Waals surface area contributed by atoms with Gasteiger partial charge < -0.3 is 15.3 Å². The second kappa shape index (κ2) is 35.5. The quantitative estimate of drug-likeness (QED) is 0.141. The summed E-state index contributed by atoms with van der Waals surface area (Å²) in [6, 6.07) is 19.2. The first kappa shape index (κ1) is 50.5. The Morgan fingerprint density at radius 1 is 0.872 bits per heavy atom. The first-order valence-corrected chi connectivity index (χ1v) is 17.7. The van der Waals surface area contributed by atoms with E-state index in [9.17, 15) is 9.59 Å². The zero-order valence-electron chi connectivity index (χ0n) is 32.8. The van der Waals surface area contributed by atoms with Crippen LogP contribution in [0, 0.1) is 19.8 Å². The molecule has 0 spiro atoms. The molecule has 4 nitrogen and oxygen atoms in total. The molecule has 0 radical (unpaired) electrons. The number of carbonyl (C=O) groups is 2. The number of rotatable bonds is 12. The van der Waals surface area contributed by atoms with Crippen LogP contribution in [0.4, 0.5) is 0 Å². The molecule has 268 valence electrons. The van der Waals surface area contributed by atoms with Crippen molar-refractivity contribution in [2.75, 3.05) is 6.61 Å². The number of ketones is 1. The highest BCUT2D eigenvalue weighted by Gasteiger charge is 2.12. The number of hydrogen-bond donors (Lipinski definition) is 1. The van der Waals surface area contributed by atoms with E-state index in [2.05, 4.69) is 98.0 Å². The predicted octanol–water partition coefficient (Wildman–Crippen LogP) is 12.7. The van der Waals surface area contributed by atoms with E-state index in [1.165, 1.54) is 61.8 Å². The number of allylic oxidation sites excluding steroid dienone is 3. The van der Waals surface area contributed by atoms with Crippen LogP contribution in [0.25, 0.3) is 0 Å². The van der Waals surface area contributed by atoms with Gasteiger partial charge in [0.2, 0.25) is 0 Å². The lowest BCUT2D eigenvalue weighted by molar-refractivity contribution is -0.143. The molecule has 2 unspecified atom stereocenters. The van der Waals surface area contributed by atoms with E-state index in [4.69, 9.17) is 10.5 Å². The normalized spacial score (nSPS) is 11.1. The Kier molecular flexibility index (Phi) is 38.1. The van der Waals surface area contributed by atoms with Crippen molar-refractivity contribution in [2.45, 2.75) is 141 Å². The number of ether oxygens (including phenoxy) is 1. The molecule has 4 heteroatoms. The number of unbranched alkanes of at least 4 members (excludes halogenated alkanes) is 1. The molecule has 0 aromatic heterocycles. The summed E-state index contributed by atoms with van der Waals surface area (Å²) in [4.78, 5) is 20.8. The van der Waals surface area contributed by atoms with E-state index in [0.29, 0.717) is 31.1 Å². The van der Waals surface area contributed by atoms with Crippen molar-refractivity contribution >= 4 is 11.8 Å². The number of carbonyl (C=O) groups excluding carboxylic acids is 2. The summed E-state index contributed by atoms with van der Waals surface area (Å²) in [5, 5.41) is 0. The van der Waals surface area contributed by atoms with E-state index in [0.717, 1.165) is 17.9 Å². The maximum Gasteiger partial charge on any atom is 0.306 e. The Morgan fingerprint density at radius 2 is 1.38 bits per heavy atom. The molecule has 0 saturated carbocycles. The van der Waals surface area contributed by atoms with E-state index >= 15 is 0 Å². The first-order valence-electron chi connectivity index (χ1n) is 17.7. The highest BCUT2D eigenvalue weighted by molar-refractivity contribution is 5.72. The van der Waals surface area contributed by atoms with E-state index in [1.54, 1.807) is 13.0 Å². The Labute approximate surface area is 292 Å². The molecule has 0 bridgehead atoms. The third kappa shape index (κ3) is 32.3. The fourth-order valence-electron chi connectivity index (χ4n) is 4.19. The van der Waals surface area contributed by atoms with Crippen LogP contribution in [0.2, 0.25) is 0 Å². The molecule has 0 aliphatic heterocycles. The predicted molar refractivity (Wildman–Crippen MR) is 210 cm³/mol. The molecule has 47 heavy (non-hydrogen) atoms. The maximum absolute atomic E-state index is 11.3. The van der Waals surface area contributed by atoms with Gasteiger partial charge in [0.25, 0.3) is 0 Å². The largest absolute Gasteiger partial charge is 0.466 e. The van der Waals surface area contributed by atoms with E-state index in [1.807, 2.05) is 39.0 Å². The summed E-state index contributed by atoms with van der Waals surface area (Å²) in [5.41, 5.74) is 12.8. The molecular formula is C43H73NO3. The van der Waals surface area contributed by atoms with Crippen LogP contribution in [-0.2, 0) is 14.3 Å². The molecule has 2 rings (SSSR count). The average Bonchev–Trinajstić information content (AvgIpc) is 3.03. The fourth-order valence-corrected chi connectivity index (χ4v) is 4.19. The Hall–Kier alpha value is -3.40. The molecule has 0 amide bonds. The second-order valence-corrected chi connectivity index (χ2v) is 11.4. The van der Waals surface area contributed by atoms with E-state index in [-0.39, 0.29) is 11.8 Å². The summed E-state index contributed by atoms with van der Waals surface area (Å²) in [6.45, 7) is 33.5. The van der Waals surface area contributed by atoms with Gasteiger partial charge >= 0.3 is 5.97 Å². The smallest absolute Gasteiger partial charge is 0.306 e. The van der Waals surface area contributed by atoms with Crippen LogP contribution in [0.5, 0.6) is 0 Å². The number of hydrogen-bond acceptors (Lipinski definition) is 4. The fraction of sp³-hybridized carbons (Fsp3) is 0.535. The summed E-state index contributed by atoms with van der Waals surface area (Å²) in [5.74, 6) is 1.23. The molecule has 2 aromatic carbocycles. The van der Waals surface area contributed by atoms with Crippen LogP contribution in [-0.4, -0.2) is 18.4 Å². The summed E-state index contributed by atoms with van der Waals surface area (Å²) in [6.07, 6.45) is 9.06. The molecule has 0 saturated heterocycles. The zero-order valence-corrected chi connectivity index (χ0v) is 32.8. The van der Waals surface area contributed by atoms with Crippen molar-refractivity contribution in [3.8, 4) is 0 Å². The van der Waals surface area contributed by atoms with Crippen LogP contribution < -0.4 is 5.73 Å². The minimum atomic E-state index is -0.178. The summed E-state index contributed by atoms with van der Waals surface area (Å²) < 4.78 is 4.91. The highest BCUT2D eigenvalue weighted by atomic mass is 16.5. The third-order valence-corrected chi connectivity index (χ3v) is 6.95. The van der Waals surface area contributed by atoms with Gasteiger partial charge in [0.05, 0.1) is 6.61 Å². The molecule has 0 heterocycles. The molecule has 2 N–H and O–H groups in total. The van der Waals surface area contributed by atoms with Gasteiger partial charge in [0.1, 0.15) is 5.78 Å². The van der Waals surface area contributed by atoms with Gasteiger partial charge in [-0.25, -0.2) is 0 Å². The van der Waals surface area contributed by atoms with Gasteiger partial charge in [-0.05, 0) is 97.1 Å². The number of aryl methyl sites for hydroxylation is 2. The van der Waals surface area contributed by atoms with Gasteiger partial charge in [0.15, 0.2) is 0 Å². The monoisotopic (exact) mass is 652 g/mol. The number of Topliss-reactive ketones (excluding diaryl/α,β-unsaturated/α-hetero) is 1. The average molecular weight is 652 g/mol. The van der Waals surface area contributed by atoms with Crippen molar-refractivity contribution in [3.05, 3.63) is 107 Å². The van der Waals surface area contributed by atoms with Crippen molar-refractivity contribution in [3.63, 3.8) is 0 Å². The topological polar surface area (TPSA) is 69.4 Å². The van der Waals surface area contributed by atoms with Gasteiger partial charge in [-0.2, -0.15) is 0 Å². The van der Waals surface area contributed by atoms with Crippen molar-refractivity contribution in [1.29, 1.82) is 0 Å². The molecule has 2 aromatic rings. The van der Waals surface area contributed by atoms with Crippen molar-refractivity contribution in [2.24, 2.45) is 11.7 Å². The number of benzene rings is 2. The van der Waals surface area contributed by atoms with Crippen LogP contribution in [0.3, 0.4) is 0 Å². The third-order valence-electron chi connectivity index (χ3n) is 6.95. The number of esters is 1. The maximum atomic E-state index is 11.3. The van der Waals surface area contributed by atoms with Gasteiger partial charge in [-0.15, -0.1) is 6.58 Å². The highest BCUT2D eigenvalue weighted by Crippen LogP contribution is 2.26. The lowest BCUT2D eigenvalue weighted by atomic mass is 9.90. The molecule has 2 atom stereocenters. The zero-order chi connectivity index (χ0) is 37.2. The molecular weight excluding hydrogens is 578 g/mol. The lowest BCUT2D eigenvalue weighted by Crippen LogP contribution is -2.10. The minimum absolute atomic E-state index is 0.167. The molecule has 0 fully saturated rings. The van der Waals surface area contributed by atoms with Crippen molar-refractivity contribution < 1.29 is 14.3 Å². The SMILES string of the molecule is C=C(N)/C(CCC(=O)OCC)=C(/C)C(C)CC.C=CC.CC.CC(C)=O.CCCCC(CC)c1cccc(C)c1.Cc1ccccc1. The second-order valence-electron chi connectivity index (χ2n) is 11.4. The molecule has 0 aliphatic carbocycles. The molecule has 0 aliphatic rings. The first-order chi connectivity index (χ1) is 22.2. The summed E-state index contributed by atoms with van der Waals surface area (Å²) >= 11 is 0. The van der Waals surface area contributed by atoms with Gasteiger partial charge in [-0.3, -0.25) is 4.79 Å². The number of nitrogens with two attached hydrogens (primary N) is 1. The van der Waals surface area contributed by atoms with Crippen molar-refractivity contribution in [1.82, 2.24) is 0 Å². The van der Waals surface area contributed by atoms with Crippen LogP contribution in [0.15, 0.2) is 90.7 Å². The van der Waals surface area contributed by atoms with Crippen LogP contribution in [0.1, 0.15) is 144 Å². The van der Waals surface area contributed by atoms with Crippen LogP contribution >= 0.6 is 0 Å². The van der Waals surface area contributed by atoms with Gasteiger partial charge in [-0.1, -0.05) is 138 Å². The van der Waals surface area contributed by atoms with E-state index < -0.39 is 0 Å². The minimum Gasteiger partial charge on any atom is -0.466 e. The lowest BCUT2D eigenvalue weighted by Gasteiger charge is -2.16. The Balaban J connectivity index is -0.000000273. The standard InChI is InChI=1S/C14H25NO2.C14H22.C7H8.C3H6O.C3H6.C2H6/c1-6-10(3)11(4)13(12(5)15)8-9-14(16)17-7-2;1-4-6-9-13(5-2)14-10-7-8-12(3)11-14;1-7-5-3-2-4-6-7;1-3(2)4;1-3-2;1-2/h10H,5-9,15H2,1-4H3;7-8,10-11,13H,4-6,9H2,1-3H3;2-6H,1H3;1-2H3;3H,1H2,2H3;1-2H3/b13-11-;;;;;. The van der Waals surface area contributed by atoms with Gasteiger partial charge in [0, 0.05) is 12.1 Å². The summed E-state index contributed by atoms with van der Waals surface area (Å²) in [7, 11) is 0.